The van der Waals surface area contributed by atoms with Crippen molar-refractivity contribution in [3.8, 4) is 11.5 Å². The molecule has 0 aliphatic heterocycles. The maximum atomic E-state index is 5.98. The van der Waals surface area contributed by atoms with E-state index in [4.69, 9.17) is 15.2 Å². The Kier molecular flexibility index (Phi) is 5.08. The highest BCUT2D eigenvalue weighted by molar-refractivity contribution is 5.43. The molecule has 2 N–H and O–H groups in total. The highest BCUT2D eigenvalue weighted by Gasteiger charge is 2.21. The van der Waals surface area contributed by atoms with Crippen molar-refractivity contribution in [2.45, 2.75) is 45.1 Å². The van der Waals surface area contributed by atoms with E-state index in [-0.39, 0.29) is 6.04 Å². The molecule has 106 valence electrons. The SMILES string of the molecule is CCC(N)Cc1ccc(OCCC2CC2)c(OC)c1. The van der Waals surface area contributed by atoms with Crippen LogP contribution in [-0.2, 0) is 6.42 Å². The quantitative estimate of drug-likeness (QED) is 0.783. The fourth-order valence-electron chi connectivity index (χ4n) is 2.15. The van der Waals surface area contributed by atoms with E-state index in [0.717, 1.165) is 43.3 Å². The minimum Gasteiger partial charge on any atom is -0.493 e. The highest BCUT2D eigenvalue weighted by Crippen LogP contribution is 2.33. The van der Waals surface area contributed by atoms with Gasteiger partial charge in [-0.1, -0.05) is 25.8 Å². The minimum atomic E-state index is 0.214. The molecule has 19 heavy (non-hydrogen) atoms. The zero-order chi connectivity index (χ0) is 13.7. The maximum Gasteiger partial charge on any atom is 0.161 e. The molecule has 0 heterocycles. The van der Waals surface area contributed by atoms with Crippen LogP contribution in [0.5, 0.6) is 11.5 Å². The van der Waals surface area contributed by atoms with Gasteiger partial charge in [0.15, 0.2) is 11.5 Å². The summed E-state index contributed by atoms with van der Waals surface area (Å²) >= 11 is 0. The van der Waals surface area contributed by atoms with Crippen molar-refractivity contribution in [3.05, 3.63) is 23.8 Å². The molecule has 0 spiro atoms. The topological polar surface area (TPSA) is 44.5 Å². The molecule has 1 unspecified atom stereocenters. The van der Waals surface area contributed by atoms with Gasteiger partial charge in [0.25, 0.3) is 0 Å². The summed E-state index contributed by atoms with van der Waals surface area (Å²) in [7, 11) is 1.69. The standard InChI is InChI=1S/C16H25NO2/c1-3-14(17)10-13-6-7-15(16(11-13)18-2)19-9-8-12-4-5-12/h6-7,11-12,14H,3-5,8-10,17H2,1-2H3. The van der Waals surface area contributed by atoms with Gasteiger partial charge in [-0.25, -0.2) is 0 Å². The fraction of sp³-hybridized carbons (Fsp3) is 0.625. The normalized spacial score (nSPS) is 16.2. The summed E-state index contributed by atoms with van der Waals surface area (Å²) in [5.41, 5.74) is 7.19. The lowest BCUT2D eigenvalue weighted by atomic mass is 10.0. The van der Waals surface area contributed by atoms with E-state index < -0.39 is 0 Å². The molecule has 1 aliphatic carbocycles. The number of ether oxygens (including phenoxy) is 2. The average molecular weight is 263 g/mol. The maximum absolute atomic E-state index is 5.98. The van der Waals surface area contributed by atoms with Gasteiger partial charge in [0.2, 0.25) is 0 Å². The molecule has 0 bridgehead atoms. The molecular formula is C16H25NO2. The Bertz CT molecular complexity index is 402. The van der Waals surface area contributed by atoms with Gasteiger partial charge in [0.05, 0.1) is 13.7 Å². The van der Waals surface area contributed by atoms with Crippen LogP contribution >= 0.6 is 0 Å². The van der Waals surface area contributed by atoms with Crippen molar-refractivity contribution in [2.75, 3.05) is 13.7 Å². The minimum absolute atomic E-state index is 0.214. The van der Waals surface area contributed by atoms with Crippen LogP contribution in [0.3, 0.4) is 0 Å². The Morgan fingerprint density at radius 3 is 2.74 bits per heavy atom. The van der Waals surface area contributed by atoms with Crippen molar-refractivity contribution in [1.29, 1.82) is 0 Å². The molecule has 3 nitrogen and oxygen atoms in total. The second-order valence-electron chi connectivity index (χ2n) is 5.44. The number of benzene rings is 1. The van der Waals surface area contributed by atoms with Gasteiger partial charge in [0.1, 0.15) is 0 Å². The van der Waals surface area contributed by atoms with Crippen LogP contribution in [0.2, 0.25) is 0 Å². The first-order valence-electron chi connectivity index (χ1n) is 7.28. The molecule has 0 radical (unpaired) electrons. The van der Waals surface area contributed by atoms with Crippen molar-refractivity contribution in [3.63, 3.8) is 0 Å². The Balaban J connectivity index is 1.94. The van der Waals surface area contributed by atoms with Crippen LogP contribution in [0.15, 0.2) is 18.2 Å². The van der Waals surface area contributed by atoms with E-state index in [0.29, 0.717) is 0 Å². The molecule has 3 heteroatoms. The first-order chi connectivity index (χ1) is 9.22. The third kappa shape index (κ3) is 4.43. The number of rotatable bonds is 8. The van der Waals surface area contributed by atoms with Gasteiger partial charge in [0, 0.05) is 6.04 Å². The van der Waals surface area contributed by atoms with Crippen LogP contribution in [0, 0.1) is 5.92 Å². The number of hydrogen-bond donors (Lipinski definition) is 1. The van der Waals surface area contributed by atoms with Gasteiger partial charge in [-0.05, 0) is 42.9 Å². The van der Waals surface area contributed by atoms with E-state index >= 15 is 0 Å². The lowest BCUT2D eigenvalue weighted by molar-refractivity contribution is 0.283. The van der Waals surface area contributed by atoms with Gasteiger partial charge in [-0.2, -0.15) is 0 Å². The molecule has 0 saturated heterocycles. The smallest absolute Gasteiger partial charge is 0.161 e. The summed E-state index contributed by atoms with van der Waals surface area (Å²) in [6.07, 6.45) is 5.77. The van der Waals surface area contributed by atoms with E-state index in [1.165, 1.54) is 18.4 Å². The molecule has 1 fully saturated rings. The fourth-order valence-corrected chi connectivity index (χ4v) is 2.15. The van der Waals surface area contributed by atoms with E-state index in [1.54, 1.807) is 7.11 Å². The summed E-state index contributed by atoms with van der Waals surface area (Å²) in [5, 5.41) is 0. The molecular weight excluding hydrogens is 238 g/mol. The van der Waals surface area contributed by atoms with E-state index in [9.17, 15) is 0 Å². The molecule has 1 aliphatic rings. The van der Waals surface area contributed by atoms with Crippen molar-refractivity contribution in [2.24, 2.45) is 11.7 Å². The van der Waals surface area contributed by atoms with Crippen LogP contribution < -0.4 is 15.2 Å². The predicted octanol–water partition coefficient (Wildman–Crippen LogP) is 3.15. The van der Waals surface area contributed by atoms with Crippen LogP contribution in [-0.4, -0.2) is 19.8 Å². The molecule has 0 aromatic heterocycles. The highest BCUT2D eigenvalue weighted by atomic mass is 16.5. The molecule has 1 aromatic rings. The van der Waals surface area contributed by atoms with Crippen LogP contribution in [0.25, 0.3) is 0 Å². The van der Waals surface area contributed by atoms with E-state index in [2.05, 4.69) is 13.0 Å². The van der Waals surface area contributed by atoms with Crippen molar-refractivity contribution >= 4 is 0 Å². The molecule has 1 atom stereocenters. The number of nitrogens with two attached hydrogens (primary N) is 1. The second kappa shape index (κ2) is 6.80. The third-order valence-electron chi connectivity index (χ3n) is 3.73. The summed E-state index contributed by atoms with van der Waals surface area (Å²) in [6.45, 7) is 2.89. The molecule has 1 saturated carbocycles. The predicted molar refractivity (Wildman–Crippen MR) is 77.8 cm³/mol. The van der Waals surface area contributed by atoms with Gasteiger partial charge in [-0.3, -0.25) is 0 Å². The third-order valence-corrected chi connectivity index (χ3v) is 3.73. The molecule has 2 rings (SSSR count). The summed E-state index contributed by atoms with van der Waals surface area (Å²) < 4.78 is 11.2. The second-order valence-corrected chi connectivity index (χ2v) is 5.44. The zero-order valence-electron chi connectivity index (χ0n) is 12.0. The van der Waals surface area contributed by atoms with E-state index in [1.807, 2.05) is 12.1 Å². The van der Waals surface area contributed by atoms with Gasteiger partial charge < -0.3 is 15.2 Å². The average Bonchev–Trinajstić information content (AvgIpc) is 3.24. The summed E-state index contributed by atoms with van der Waals surface area (Å²) in [5.74, 6) is 2.56. The lowest BCUT2D eigenvalue weighted by Crippen LogP contribution is -2.21. The molecule has 1 aromatic carbocycles. The Hall–Kier alpha value is -1.22. The van der Waals surface area contributed by atoms with Gasteiger partial charge in [-0.15, -0.1) is 0 Å². The first-order valence-corrected chi connectivity index (χ1v) is 7.28. The Morgan fingerprint density at radius 1 is 1.32 bits per heavy atom. The van der Waals surface area contributed by atoms with Crippen LogP contribution in [0.4, 0.5) is 0 Å². The van der Waals surface area contributed by atoms with Crippen molar-refractivity contribution < 1.29 is 9.47 Å². The monoisotopic (exact) mass is 263 g/mol. The largest absolute Gasteiger partial charge is 0.493 e. The molecule has 0 amide bonds. The Morgan fingerprint density at radius 2 is 2.11 bits per heavy atom. The lowest BCUT2D eigenvalue weighted by Gasteiger charge is -2.14. The number of methoxy groups -OCH3 is 1. The summed E-state index contributed by atoms with van der Waals surface area (Å²) in [4.78, 5) is 0. The summed E-state index contributed by atoms with van der Waals surface area (Å²) in [6, 6.07) is 6.35. The zero-order valence-corrected chi connectivity index (χ0v) is 12.0. The van der Waals surface area contributed by atoms with Gasteiger partial charge >= 0.3 is 0 Å². The first kappa shape index (κ1) is 14.2. The number of hydrogen-bond acceptors (Lipinski definition) is 3. The Labute approximate surface area is 116 Å². The van der Waals surface area contributed by atoms with Crippen molar-refractivity contribution in [1.82, 2.24) is 0 Å². The van der Waals surface area contributed by atoms with Crippen LogP contribution in [0.1, 0.15) is 38.2 Å².